The van der Waals surface area contributed by atoms with Crippen LogP contribution in [-0.4, -0.2) is 10.5 Å². The highest BCUT2D eigenvalue weighted by Crippen LogP contribution is 2.41. The minimum Gasteiger partial charge on any atom is -0.361 e. The molecule has 0 saturated carbocycles. The van der Waals surface area contributed by atoms with Gasteiger partial charge in [0, 0.05) is 0 Å². The number of rotatable bonds is 8. The molecule has 0 spiro atoms. The van der Waals surface area contributed by atoms with Crippen molar-refractivity contribution in [2.24, 2.45) is 0 Å². The van der Waals surface area contributed by atoms with Crippen molar-refractivity contribution < 1.29 is 4.79 Å². The van der Waals surface area contributed by atoms with Crippen LogP contribution in [0.4, 0.5) is 0 Å². The summed E-state index contributed by atoms with van der Waals surface area (Å²) in [4.78, 5) is 4.17. The van der Waals surface area contributed by atoms with Crippen molar-refractivity contribution in [3.05, 3.63) is 222 Å². The third-order valence-electron chi connectivity index (χ3n) is 10.1. The first-order valence-corrected chi connectivity index (χ1v) is 18.0. The normalized spacial score (nSPS) is 10.8. The van der Waals surface area contributed by atoms with Gasteiger partial charge in [-0.15, -0.1) is 0 Å². The van der Waals surface area contributed by atoms with Gasteiger partial charge >= 0.3 is 5.71 Å². The molecule has 0 bridgehead atoms. The van der Waals surface area contributed by atoms with Gasteiger partial charge in [-0.25, -0.2) is 0 Å². The zero-order valence-corrected chi connectivity index (χ0v) is 29.9. The summed E-state index contributed by atoms with van der Waals surface area (Å²) in [6.07, 6.45) is 0. The molecule has 2 heteroatoms. The average molecular weight is 679 g/mol. The zero-order chi connectivity index (χ0) is 36.1. The van der Waals surface area contributed by atoms with Gasteiger partial charge in [-0.05, 0) is 104 Å². The standard InChI is InChI=1S/C51H38N2/c1-35-31-45(39-19-11-5-12-20-39)32-36(2)49(35)51(53-52)50-47(43-27-23-41(24-28-43)37-15-7-3-8-16-37)33-46(40-21-13-6-14-22-40)34-48(50)44-29-25-42(26-30-44)38-17-9-4-10-18-38/h3-34H,1-2H3. The summed E-state index contributed by atoms with van der Waals surface area (Å²) in [7, 11) is 0. The van der Waals surface area contributed by atoms with E-state index in [4.69, 9.17) is 0 Å². The summed E-state index contributed by atoms with van der Waals surface area (Å²) in [5.41, 5.74) is 28.8. The monoisotopic (exact) mass is 678 g/mol. The molecule has 0 heterocycles. The van der Waals surface area contributed by atoms with E-state index >= 15 is 0 Å². The van der Waals surface area contributed by atoms with Gasteiger partial charge in [0.05, 0.1) is 11.1 Å². The Morgan fingerprint density at radius 2 is 0.604 bits per heavy atom. The Hall–Kier alpha value is -6.86. The molecule has 8 rings (SSSR count). The number of benzene rings is 8. The molecule has 53 heavy (non-hydrogen) atoms. The molecule has 0 atom stereocenters. The minimum absolute atomic E-state index is 0.545. The molecular formula is C51H38N2. The van der Waals surface area contributed by atoms with Gasteiger partial charge in [-0.3, -0.25) is 0 Å². The summed E-state index contributed by atoms with van der Waals surface area (Å²) in [6.45, 7) is 4.22. The highest BCUT2D eigenvalue weighted by Gasteiger charge is 2.29. The average Bonchev–Trinajstić information content (AvgIpc) is 3.23. The molecule has 0 aromatic heterocycles. The Morgan fingerprint density at radius 1 is 0.321 bits per heavy atom. The van der Waals surface area contributed by atoms with E-state index < -0.39 is 0 Å². The number of hydrogen-bond donors (Lipinski definition) is 0. The van der Waals surface area contributed by atoms with Crippen LogP contribution >= 0.6 is 0 Å². The van der Waals surface area contributed by atoms with E-state index in [-0.39, 0.29) is 0 Å². The molecule has 2 nitrogen and oxygen atoms in total. The lowest BCUT2D eigenvalue weighted by Crippen LogP contribution is -2.13. The molecule has 8 aromatic carbocycles. The second kappa shape index (κ2) is 14.8. The summed E-state index contributed by atoms with van der Waals surface area (Å²) in [6, 6.07) is 68.2. The fourth-order valence-electron chi connectivity index (χ4n) is 7.45. The quantitative estimate of drug-likeness (QED) is 0.0871. The SMILES string of the molecule is Cc1cc(-c2ccccc2)cc(C)c1C(=[N+]=[N-])c1c(-c2ccc(-c3ccccc3)cc2)cc(-c2ccccc2)cc1-c1ccc(-c2ccccc2)cc1. The van der Waals surface area contributed by atoms with Crippen LogP contribution in [0.15, 0.2) is 194 Å². The Bertz CT molecular complexity index is 2440. The van der Waals surface area contributed by atoms with Gasteiger partial charge in [0.15, 0.2) is 0 Å². The van der Waals surface area contributed by atoms with E-state index in [1.54, 1.807) is 0 Å². The van der Waals surface area contributed by atoms with Crippen molar-refractivity contribution >= 4 is 5.71 Å². The van der Waals surface area contributed by atoms with Crippen LogP contribution in [0.25, 0.3) is 72.3 Å². The molecule has 0 unspecified atom stereocenters. The van der Waals surface area contributed by atoms with Crippen LogP contribution in [0.2, 0.25) is 0 Å². The summed E-state index contributed by atoms with van der Waals surface area (Å²) in [5.74, 6) is 0. The molecule has 0 aliphatic rings. The topological polar surface area (TPSA) is 36.4 Å². The van der Waals surface area contributed by atoms with Gasteiger partial charge in [0.1, 0.15) is 0 Å². The molecule has 8 aromatic rings. The first kappa shape index (κ1) is 33.3. The van der Waals surface area contributed by atoms with Crippen LogP contribution in [0.3, 0.4) is 0 Å². The molecule has 252 valence electrons. The van der Waals surface area contributed by atoms with Crippen LogP contribution in [-0.2, 0) is 0 Å². The largest absolute Gasteiger partial charge is 0.361 e. The van der Waals surface area contributed by atoms with E-state index in [1.165, 1.54) is 11.1 Å². The lowest BCUT2D eigenvalue weighted by molar-refractivity contribution is -0.00277. The first-order valence-electron chi connectivity index (χ1n) is 18.0. The number of hydrogen-bond acceptors (Lipinski definition) is 0. The molecule has 0 fully saturated rings. The highest BCUT2D eigenvalue weighted by molar-refractivity contribution is 6.19. The van der Waals surface area contributed by atoms with Crippen molar-refractivity contribution in [1.29, 1.82) is 0 Å². The highest BCUT2D eigenvalue weighted by atomic mass is 14.9. The van der Waals surface area contributed by atoms with E-state index in [9.17, 15) is 5.53 Å². The van der Waals surface area contributed by atoms with Crippen molar-refractivity contribution in [2.45, 2.75) is 13.8 Å². The Morgan fingerprint density at radius 3 is 0.943 bits per heavy atom. The molecule has 0 aliphatic heterocycles. The van der Waals surface area contributed by atoms with Gasteiger partial charge < -0.3 is 5.53 Å². The molecule has 0 aliphatic carbocycles. The predicted octanol–water partition coefficient (Wildman–Crippen LogP) is 13.4. The second-order valence-electron chi connectivity index (χ2n) is 13.5. The predicted molar refractivity (Wildman–Crippen MR) is 222 cm³/mol. The van der Waals surface area contributed by atoms with Crippen LogP contribution in [0.1, 0.15) is 22.3 Å². The molecule has 0 radical (unpaired) electrons. The maximum atomic E-state index is 11.2. The molecule has 0 amide bonds. The maximum Gasteiger partial charge on any atom is 0.331 e. The van der Waals surface area contributed by atoms with Gasteiger partial charge in [0.2, 0.25) is 0 Å². The number of aryl methyl sites for hydroxylation is 2. The third-order valence-corrected chi connectivity index (χ3v) is 10.1. The third kappa shape index (κ3) is 6.80. The fraction of sp³-hybridized carbons (Fsp3) is 0.0392. The minimum atomic E-state index is 0.545. The summed E-state index contributed by atoms with van der Waals surface area (Å²) >= 11 is 0. The molecule has 0 N–H and O–H groups in total. The van der Waals surface area contributed by atoms with E-state index in [2.05, 4.69) is 188 Å². The van der Waals surface area contributed by atoms with Crippen molar-refractivity contribution in [2.75, 3.05) is 0 Å². The Balaban J connectivity index is 1.38. The van der Waals surface area contributed by atoms with E-state index in [0.29, 0.717) is 5.71 Å². The lowest BCUT2D eigenvalue weighted by Gasteiger charge is -2.19. The van der Waals surface area contributed by atoms with Crippen molar-refractivity contribution in [3.8, 4) is 66.8 Å². The van der Waals surface area contributed by atoms with Crippen LogP contribution in [0, 0.1) is 13.8 Å². The molecule has 0 saturated heterocycles. The van der Waals surface area contributed by atoms with Crippen LogP contribution in [0.5, 0.6) is 0 Å². The second-order valence-corrected chi connectivity index (χ2v) is 13.5. The molecular weight excluding hydrogens is 641 g/mol. The Labute approximate surface area is 312 Å². The van der Waals surface area contributed by atoms with Gasteiger partial charge in [0.25, 0.3) is 0 Å². The van der Waals surface area contributed by atoms with Crippen LogP contribution < -0.4 is 0 Å². The smallest absolute Gasteiger partial charge is 0.331 e. The lowest BCUT2D eigenvalue weighted by atomic mass is 9.81. The summed E-state index contributed by atoms with van der Waals surface area (Å²) in [5, 5.41) is 0. The van der Waals surface area contributed by atoms with Crippen molar-refractivity contribution in [3.63, 3.8) is 0 Å². The Kier molecular flexibility index (Phi) is 9.28. The van der Waals surface area contributed by atoms with E-state index in [0.717, 1.165) is 77.9 Å². The van der Waals surface area contributed by atoms with E-state index in [1.807, 2.05) is 24.3 Å². The number of nitrogens with zero attached hydrogens (tertiary/aromatic N) is 2. The van der Waals surface area contributed by atoms with Gasteiger partial charge in [-0.1, -0.05) is 182 Å². The summed E-state index contributed by atoms with van der Waals surface area (Å²) < 4.78 is 0. The zero-order valence-electron chi connectivity index (χ0n) is 29.9. The fourth-order valence-corrected chi connectivity index (χ4v) is 7.45. The van der Waals surface area contributed by atoms with Crippen molar-refractivity contribution in [1.82, 2.24) is 0 Å². The van der Waals surface area contributed by atoms with Gasteiger partial charge in [-0.2, -0.15) is 4.79 Å². The first-order chi connectivity index (χ1) is 26.1. The maximum absolute atomic E-state index is 11.2.